The van der Waals surface area contributed by atoms with Gasteiger partial charge in [0.05, 0.1) is 24.9 Å². The van der Waals surface area contributed by atoms with Gasteiger partial charge in [-0.3, -0.25) is 4.98 Å². The van der Waals surface area contributed by atoms with Crippen LogP contribution >= 0.6 is 0 Å². The zero-order chi connectivity index (χ0) is 14.5. The minimum Gasteiger partial charge on any atom is -0.478 e. The number of aromatic nitrogens is 1. The van der Waals surface area contributed by atoms with Gasteiger partial charge in [0.25, 0.3) is 0 Å². The molecule has 104 valence electrons. The number of nitrogens with one attached hydrogen (secondary N) is 2. The van der Waals surface area contributed by atoms with E-state index in [2.05, 4.69) is 9.72 Å². The number of carbonyl (C=O) groups excluding carboxylic acids is 1. The molecule has 3 N–H and O–H groups in total. The predicted molar refractivity (Wildman–Crippen MR) is 62.5 cm³/mol. The normalized spacial score (nSPS) is 10.8. The first-order valence-corrected chi connectivity index (χ1v) is 6.36. The molecule has 0 saturated heterocycles. The van der Waals surface area contributed by atoms with Gasteiger partial charge in [0.2, 0.25) is 0 Å². The highest BCUT2D eigenvalue weighted by molar-refractivity contribution is 7.88. The largest absolute Gasteiger partial charge is 0.478 e. The fourth-order valence-electron chi connectivity index (χ4n) is 1.06. The number of carbonyl (C=O) groups is 2. The minimum absolute atomic E-state index is 0.0230. The molecule has 0 aliphatic heterocycles. The van der Waals surface area contributed by atoms with E-state index in [1.54, 1.807) is 4.72 Å². The van der Waals surface area contributed by atoms with Crippen molar-refractivity contribution >= 4 is 22.3 Å². The summed E-state index contributed by atoms with van der Waals surface area (Å²) >= 11 is 0. The van der Waals surface area contributed by atoms with Gasteiger partial charge < -0.3 is 9.84 Å². The number of amides is 1. The van der Waals surface area contributed by atoms with Gasteiger partial charge in [-0.1, -0.05) is 0 Å². The maximum atomic E-state index is 11.3. The van der Waals surface area contributed by atoms with Crippen molar-refractivity contribution < 1.29 is 27.9 Å². The minimum atomic E-state index is -4.09. The summed E-state index contributed by atoms with van der Waals surface area (Å²) in [5.74, 6) is -1.15. The Labute approximate surface area is 108 Å². The van der Waals surface area contributed by atoms with E-state index in [9.17, 15) is 18.0 Å². The molecule has 1 rings (SSSR count). The quantitative estimate of drug-likeness (QED) is 0.663. The van der Waals surface area contributed by atoms with Crippen molar-refractivity contribution in [2.45, 2.75) is 6.54 Å². The fourth-order valence-corrected chi connectivity index (χ4v) is 1.78. The number of aromatic carboxylic acids is 1. The molecule has 9 nitrogen and oxygen atoms in total. The lowest BCUT2D eigenvalue weighted by molar-refractivity contribution is 0.0696. The Balaban J connectivity index is 2.69. The third kappa shape index (κ3) is 4.89. The van der Waals surface area contributed by atoms with Crippen LogP contribution in [0, 0.1) is 0 Å². The molecule has 0 radical (unpaired) electrons. The Bertz CT molecular complexity index is 585. The Kier molecular flexibility index (Phi) is 4.78. The average Bonchev–Trinajstić information content (AvgIpc) is 2.36. The van der Waals surface area contributed by atoms with Crippen LogP contribution in [0.4, 0.5) is 4.79 Å². The van der Waals surface area contributed by atoms with Crippen LogP contribution in [0.3, 0.4) is 0 Å². The van der Waals surface area contributed by atoms with Crippen molar-refractivity contribution in [1.82, 2.24) is 14.4 Å². The first kappa shape index (κ1) is 14.9. The summed E-state index contributed by atoms with van der Waals surface area (Å²) in [4.78, 5) is 25.2. The van der Waals surface area contributed by atoms with Gasteiger partial charge in [0.1, 0.15) is 0 Å². The first-order chi connectivity index (χ1) is 8.84. The average molecular weight is 289 g/mol. The molecule has 0 saturated carbocycles. The van der Waals surface area contributed by atoms with Crippen LogP contribution in [0.1, 0.15) is 16.1 Å². The van der Waals surface area contributed by atoms with Gasteiger partial charge in [-0.15, -0.1) is 0 Å². The monoisotopic (exact) mass is 289 g/mol. The molecule has 0 spiro atoms. The van der Waals surface area contributed by atoms with Crippen molar-refractivity contribution in [3.63, 3.8) is 0 Å². The van der Waals surface area contributed by atoms with Gasteiger partial charge in [-0.05, 0) is 12.1 Å². The van der Waals surface area contributed by atoms with E-state index >= 15 is 0 Å². The molecule has 0 fully saturated rings. The third-order valence-electron chi connectivity index (χ3n) is 1.91. The van der Waals surface area contributed by atoms with Crippen LogP contribution < -0.4 is 9.44 Å². The Morgan fingerprint density at radius 1 is 1.47 bits per heavy atom. The van der Waals surface area contributed by atoms with E-state index < -0.39 is 22.3 Å². The third-order valence-corrected chi connectivity index (χ3v) is 2.87. The number of methoxy groups -OCH3 is 1. The van der Waals surface area contributed by atoms with Crippen LogP contribution in [-0.2, 0) is 21.5 Å². The zero-order valence-electron chi connectivity index (χ0n) is 9.78. The molecule has 1 amide bonds. The van der Waals surface area contributed by atoms with Gasteiger partial charge in [-0.25, -0.2) is 14.3 Å². The summed E-state index contributed by atoms with van der Waals surface area (Å²) in [6, 6.07) is 2.48. The van der Waals surface area contributed by atoms with E-state index in [4.69, 9.17) is 5.11 Å². The summed E-state index contributed by atoms with van der Waals surface area (Å²) in [5.41, 5.74) is 0.167. The number of carboxylic acids is 1. The molecule has 0 atom stereocenters. The van der Waals surface area contributed by atoms with Crippen molar-refractivity contribution in [1.29, 1.82) is 0 Å². The highest BCUT2D eigenvalue weighted by Crippen LogP contribution is 2.02. The maximum Gasteiger partial charge on any atom is 0.421 e. The Morgan fingerprint density at radius 2 is 2.16 bits per heavy atom. The molecule has 1 aromatic rings. The SMILES string of the molecule is COC(=O)NS(=O)(=O)NCc1cc(C(=O)O)ccn1. The smallest absolute Gasteiger partial charge is 0.421 e. The lowest BCUT2D eigenvalue weighted by atomic mass is 10.2. The number of ether oxygens (including phenoxy) is 1. The van der Waals surface area contributed by atoms with E-state index in [1.165, 1.54) is 18.3 Å². The van der Waals surface area contributed by atoms with Gasteiger partial charge in [0, 0.05) is 6.20 Å². The Morgan fingerprint density at radius 3 is 2.74 bits per heavy atom. The second-order valence-corrected chi connectivity index (χ2v) is 4.76. The molecular weight excluding hydrogens is 278 g/mol. The molecule has 0 aromatic carbocycles. The van der Waals surface area contributed by atoms with Crippen LogP contribution in [0.2, 0.25) is 0 Å². The summed E-state index contributed by atoms with van der Waals surface area (Å²) in [6.45, 7) is -0.270. The van der Waals surface area contributed by atoms with Gasteiger partial charge >= 0.3 is 22.3 Å². The number of hydrogen-bond donors (Lipinski definition) is 3. The molecule has 10 heteroatoms. The maximum absolute atomic E-state index is 11.3. The molecule has 19 heavy (non-hydrogen) atoms. The van der Waals surface area contributed by atoms with Crippen LogP contribution in [0.5, 0.6) is 0 Å². The second-order valence-electron chi connectivity index (χ2n) is 3.26. The number of rotatable bonds is 5. The van der Waals surface area contributed by atoms with Gasteiger partial charge in [-0.2, -0.15) is 13.1 Å². The van der Waals surface area contributed by atoms with Gasteiger partial charge in [0.15, 0.2) is 0 Å². The molecular formula is C9H11N3O6S. The molecule has 0 bridgehead atoms. The van der Waals surface area contributed by atoms with E-state index in [0.717, 1.165) is 7.11 Å². The highest BCUT2D eigenvalue weighted by Gasteiger charge is 2.14. The number of pyridine rings is 1. The van der Waals surface area contributed by atoms with E-state index in [1.807, 2.05) is 4.72 Å². The van der Waals surface area contributed by atoms with Crippen LogP contribution in [-0.4, -0.2) is 37.7 Å². The molecule has 0 aliphatic rings. The second kappa shape index (κ2) is 6.11. The molecule has 1 aromatic heterocycles. The van der Waals surface area contributed by atoms with Crippen molar-refractivity contribution in [2.75, 3.05) is 7.11 Å². The summed E-state index contributed by atoms with van der Waals surface area (Å²) in [6.07, 6.45) is 0.0978. The zero-order valence-corrected chi connectivity index (χ0v) is 10.6. The van der Waals surface area contributed by atoms with Crippen molar-refractivity contribution in [3.8, 4) is 0 Å². The van der Waals surface area contributed by atoms with E-state index in [0.29, 0.717) is 0 Å². The standard InChI is InChI=1S/C9H11N3O6S/c1-18-9(15)12-19(16,17)11-5-7-4-6(8(13)14)2-3-10-7/h2-4,11H,5H2,1H3,(H,12,15)(H,13,14). The summed E-state index contributed by atoms with van der Waals surface area (Å²) < 4.78 is 30.4. The fraction of sp³-hybridized carbons (Fsp3) is 0.222. The molecule has 0 aliphatic carbocycles. The molecule has 1 heterocycles. The number of carboxylic acid groups (broad SMARTS) is 1. The van der Waals surface area contributed by atoms with Crippen LogP contribution in [0.15, 0.2) is 18.3 Å². The lowest BCUT2D eigenvalue weighted by Crippen LogP contribution is -2.39. The summed E-state index contributed by atoms with van der Waals surface area (Å²) in [7, 11) is -3.07. The first-order valence-electron chi connectivity index (χ1n) is 4.87. The number of nitrogens with zero attached hydrogens (tertiary/aromatic N) is 1. The molecule has 0 unspecified atom stereocenters. The van der Waals surface area contributed by atoms with Crippen molar-refractivity contribution in [3.05, 3.63) is 29.6 Å². The lowest BCUT2D eigenvalue weighted by Gasteiger charge is -2.07. The van der Waals surface area contributed by atoms with Crippen LogP contribution in [0.25, 0.3) is 0 Å². The summed E-state index contributed by atoms with van der Waals surface area (Å²) in [5, 5.41) is 8.75. The number of hydrogen-bond acceptors (Lipinski definition) is 6. The predicted octanol–water partition coefficient (Wildman–Crippen LogP) is -0.530. The highest BCUT2D eigenvalue weighted by atomic mass is 32.2. The Hall–Kier alpha value is -2.20. The van der Waals surface area contributed by atoms with E-state index in [-0.39, 0.29) is 17.8 Å². The topological polar surface area (TPSA) is 135 Å². The van der Waals surface area contributed by atoms with Crippen molar-refractivity contribution in [2.24, 2.45) is 0 Å².